The molecule has 0 aromatic heterocycles. The molecule has 0 amide bonds. The first-order valence-corrected chi connectivity index (χ1v) is 14.9. The van der Waals surface area contributed by atoms with E-state index in [4.69, 9.17) is 9.47 Å². The molecule has 0 aliphatic heterocycles. The number of halogens is 5. The number of carbonyl (C=O) groups excluding carboxylic acids is 1. The Bertz CT molecular complexity index is 919. The van der Waals surface area contributed by atoms with Crippen molar-refractivity contribution in [3.63, 3.8) is 0 Å². The molecule has 3 rings (SSSR count). The first-order chi connectivity index (χ1) is 19.2. The van der Waals surface area contributed by atoms with E-state index in [0.29, 0.717) is 32.5 Å². The maximum atomic E-state index is 13.9. The molecule has 0 spiro atoms. The number of hydrogen-bond donors (Lipinski definition) is 0. The maximum Gasteiger partial charge on any atom is 0.393 e. The van der Waals surface area contributed by atoms with E-state index in [1.807, 2.05) is 0 Å². The van der Waals surface area contributed by atoms with Crippen LogP contribution in [0.15, 0.2) is 12.7 Å². The highest BCUT2D eigenvalue weighted by molar-refractivity contribution is 5.81. The van der Waals surface area contributed by atoms with Gasteiger partial charge in [-0.2, -0.15) is 13.2 Å². The zero-order valence-corrected chi connectivity index (χ0v) is 23.3. The van der Waals surface area contributed by atoms with Gasteiger partial charge in [0, 0.05) is 36.4 Å². The van der Waals surface area contributed by atoms with E-state index in [-0.39, 0.29) is 43.1 Å². The van der Waals surface area contributed by atoms with Crippen LogP contribution in [-0.4, -0.2) is 43.8 Å². The van der Waals surface area contributed by atoms with Gasteiger partial charge in [-0.15, -0.1) is 0 Å². The molecule has 0 saturated heterocycles. The van der Waals surface area contributed by atoms with E-state index in [0.717, 1.165) is 57.4 Å². The van der Waals surface area contributed by atoms with E-state index in [1.54, 1.807) is 0 Å². The highest BCUT2D eigenvalue weighted by atomic mass is 19.4. The normalized spacial score (nSPS) is 32.6. The monoisotopic (exact) mass is 570 g/mol. The lowest BCUT2D eigenvalue weighted by Crippen LogP contribution is -2.35. The van der Waals surface area contributed by atoms with Gasteiger partial charge >= 0.3 is 12.1 Å². The second-order valence-electron chi connectivity index (χ2n) is 11.5. The third-order valence-electron chi connectivity index (χ3n) is 8.41. The summed E-state index contributed by atoms with van der Waals surface area (Å²) in [4.78, 5) is 11.0. The molecule has 3 aliphatic carbocycles. The van der Waals surface area contributed by atoms with Crippen LogP contribution in [0.1, 0.15) is 89.9 Å². The highest BCUT2D eigenvalue weighted by Gasteiger charge is 2.47. The average Bonchev–Trinajstić information content (AvgIpc) is 2.94. The number of unbranched alkanes of at least 4 members (excludes halogenated alkanes) is 3. The minimum Gasteiger partial charge on any atom is -0.463 e. The van der Waals surface area contributed by atoms with Gasteiger partial charge in [0.05, 0.1) is 18.6 Å². The SMILES string of the molecule is C=CC(=O)OCCCCCCOC1CCC(C#CC2CCC(C#CC3CCC(F)C(F)C3)C(C(F)(F)F)C2)CC1. The van der Waals surface area contributed by atoms with Crippen molar-refractivity contribution in [3.05, 3.63) is 12.7 Å². The van der Waals surface area contributed by atoms with Crippen molar-refractivity contribution in [1.29, 1.82) is 0 Å². The van der Waals surface area contributed by atoms with Crippen molar-refractivity contribution >= 4 is 5.97 Å². The van der Waals surface area contributed by atoms with Crippen molar-refractivity contribution in [3.8, 4) is 23.7 Å². The van der Waals surface area contributed by atoms with Crippen molar-refractivity contribution in [1.82, 2.24) is 0 Å². The molecule has 8 heteroatoms. The summed E-state index contributed by atoms with van der Waals surface area (Å²) in [6, 6.07) is 0. The first kappa shape index (κ1) is 32.5. The van der Waals surface area contributed by atoms with Crippen LogP contribution in [-0.2, 0) is 14.3 Å². The number of esters is 1. The van der Waals surface area contributed by atoms with Gasteiger partial charge in [-0.05, 0) is 83.5 Å². The molecular weight excluding hydrogens is 527 g/mol. The number of alkyl halides is 5. The number of carbonyl (C=O) groups is 1. The highest BCUT2D eigenvalue weighted by Crippen LogP contribution is 2.43. The van der Waals surface area contributed by atoms with Crippen molar-refractivity contribution in [2.24, 2.45) is 29.6 Å². The van der Waals surface area contributed by atoms with E-state index in [1.165, 1.54) is 0 Å². The summed E-state index contributed by atoms with van der Waals surface area (Å²) in [6.07, 6.45) is 2.65. The molecule has 0 bridgehead atoms. The standard InChI is InChI=1S/C32H43F5O3/c1-2-31(38)40-20-6-4-3-5-19-39-27-16-11-23(12-17-27)7-8-24-9-14-26(28(21-24)32(35,36)37)15-10-25-13-18-29(33)30(34)22-25/h2,23-30H,1,3-6,9,11-14,16-22H2. The van der Waals surface area contributed by atoms with Crippen LogP contribution in [0.4, 0.5) is 22.0 Å². The van der Waals surface area contributed by atoms with Gasteiger partial charge in [-0.3, -0.25) is 0 Å². The summed E-state index contributed by atoms with van der Waals surface area (Å²) in [6.45, 7) is 4.47. The lowest BCUT2D eigenvalue weighted by atomic mass is 9.73. The molecule has 3 aliphatic rings. The van der Waals surface area contributed by atoms with Crippen LogP contribution in [0.25, 0.3) is 0 Å². The molecule has 0 aromatic rings. The fraction of sp³-hybridized carbons (Fsp3) is 0.781. The Morgan fingerprint density at radius 1 is 0.750 bits per heavy atom. The summed E-state index contributed by atoms with van der Waals surface area (Å²) in [5.41, 5.74) is 0. The van der Waals surface area contributed by atoms with Gasteiger partial charge in [0.25, 0.3) is 0 Å². The molecule has 40 heavy (non-hydrogen) atoms. The van der Waals surface area contributed by atoms with E-state index >= 15 is 0 Å². The van der Waals surface area contributed by atoms with Crippen LogP contribution >= 0.6 is 0 Å². The second-order valence-corrected chi connectivity index (χ2v) is 11.5. The van der Waals surface area contributed by atoms with Gasteiger partial charge in [-0.1, -0.05) is 36.7 Å². The van der Waals surface area contributed by atoms with Crippen LogP contribution in [0.2, 0.25) is 0 Å². The first-order valence-electron chi connectivity index (χ1n) is 14.9. The lowest BCUT2D eigenvalue weighted by molar-refractivity contribution is -0.192. The molecule has 0 radical (unpaired) electrons. The molecular formula is C32H43F5O3. The molecule has 6 atom stereocenters. The molecule has 3 saturated carbocycles. The third kappa shape index (κ3) is 11.1. The molecule has 3 fully saturated rings. The van der Waals surface area contributed by atoms with Gasteiger partial charge in [0.2, 0.25) is 0 Å². The van der Waals surface area contributed by atoms with Gasteiger partial charge < -0.3 is 9.47 Å². The lowest BCUT2D eigenvalue weighted by Gasteiger charge is -2.33. The zero-order valence-electron chi connectivity index (χ0n) is 23.3. The predicted molar refractivity (Wildman–Crippen MR) is 144 cm³/mol. The number of rotatable bonds is 9. The molecule has 0 aromatic carbocycles. The fourth-order valence-corrected chi connectivity index (χ4v) is 5.92. The Labute approximate surface area is 236 Å². The number of hydrogen-bond acceptors (Lipinski definition) is 3. The smallest absolute Gasteiger partial charge is 0.393 e. The van der Waals surface area contributed by atoms with Crippen LogP contribution in [0, 0.1) is 53.3 Å². The molecule has 224 valence electrons. The average molecular weight is 571 g/mol. The van der Waals surface area contributed by atoms with Crippen LogP contribution in [0.5, 0.6) is 0 Å². The summed E-state index contributed by atoms with van der Waals surface area (Å²) >= 11 is 0. The molecule has 3 nitrogen and oxygen atoms in total. The Morgan fingerprint density at radius 3 is 2.02 bits per heavy atom. The zero-order chi connectivity index (χ0) is 29.0. The summed E-state index contributed by atoms with van der Waals surface area (Å²) in [5.74, 6) is 8.91. The molecule has 6 unspecified atom stereocenters. The fourth-order valence-electron chi connectivity index (χ4n) is 5.92. The summed E-state index contributed by atoms with van der Waals surface area (Å²) in [7, 11) is 0. The van der Waals surface area contributed by atoms with Crippen LogP contribution < -0.4 is 0 Å². The Kier molecular flexibility index (Phi) is 13.3. The minimum atomic E-state index is -4.35. The van der Waals surface area contributed by atoms with Crippen LogP contribution in [0.3, 0.4) is 0 Å². The predicted octanol–water partition coefficient (Wildman–Crippen LogP) is 7.93. The Hall–Kier alpha value is -2.06. The van der Waals surface area contributed by atoms with Crippen molar-refractivity contribution < 1.29 is 36.2 Å². The third-order valence-corrected chi connectivity index (χ3v) is 8.41. The largest absolute Gasteiger partial charge is 0.463 e. The van der Waals surface area contributed by atoms with Gasteiger partial charge in [0.1, 0.15) is 12.3 Å². The summed E-state index contributed by atoms with van der Waals surface area (Å²) < 4.78 is 79.6. The Morgan fingerprint density at radius 2 is 1.35 bits per heavy atom. The van der Waals surface area contributed by atoms with Crippen molar-refractivity contribution in [2.45, 2.75) is 115 Å². The topological polar surface area (TPSA) is 35.5 Å². The molecule has 0 N–H and O–H groups in total. The quantitative estimate of drug-likeness (QED) is 0.0929. The Balaban J connectivity index is 1.35. The van der Waals surface area contributed by atoms with Crippen molar-refractivity contribution in [2.75, 3.05) is 13.2 Å². The second kappa shape index (κ2) is 16.4. The van der Waals surface area contributed by atoms with Gasteiger partial charge in [-0.25, -0.2) is 13.6 Å². The van der Waals surface area contributed by atoms with Gasteiger partial charge in [0.15, 0.2) is 0 Å². The van der Waals surface area contributed by atoms with E-state index in [2.05, 4.69) is 30.3 Å². The van der Waals surface area contributed by atoms with E-state index in [9.17, 15) is 26.7 Å². The molecule has 0 heterocycles. The maximum absolute atomic E-state index is 13.9. The number of ether oxygens (including phenoxy) is 2. The van der Waals surface area contributed by atoms with E-state index < -0.39 is 36.3 Å². The minimum absolute atomic E-state index is 0.0322. The summed E-state index contributed by atoms with van der Waals surface area (Å²) in [5, 5.41) is 0.